The van der Waals surface area contributed by atoms with Crippen LogP contribution in [0.15, 0.2) is 24.4 Å². The first kappa shape index (κ1) is 21.1. The molecular weight excluding hydrogens is 424 g/mol. The summed E-state index contributed by atoms with van der Waals surface area (Å²) in [6, 6.07) is 5.25. The summed E-state index contributed by atoms with van der Waals surface area (Å²) in [5.74, 6) is -0.387. The lowest BCUT2D eigenvalue weighted by Gasteiger charge is -2.23. The Morgan fingerprint density at radius 3 is 2.82 bits per heavy atom. The number of piperidine rings is 1. The molecule has 172 valence electrons. The Bertz CT molecular complexity index is 1250. The van der Waals surface area contributed by atoms with Crippen molar-refractivity contribution < 1.29 is 14.4 Å². The first-order chi connectivity index (χ1) is 15.9. The molecule has 33 heavy (non-hydrogen) atoms. The van der Waals surface area contributed by atoms with Crippen molar-refractivity contribution in [2.24, 2.45) is 7.05 Å². The predicted molar refractivity (Wildman–Crippen MR) is 121 cm³/mol. The van der Waals surface area contributed by atoms with E-state index in [2.05, 4.69) is 31.2 Å². The molecule has 0 spiro atoms. The number of carbonyl (C=O) groups is 3. The van der Waals surface area contributed by atoms with Gasteiger partial charge in [-0.15, -0.1) is 0 Å². The van der Waals surface area contributed by atoms with E-state index < -0.39 is 5.91 Å². The zero-order chi connectivity index (χ0) is 23.1. The molecule has 4 N–H and O–H groups in total. The van der Waals surface area contributed by atoms with E-state index in [1.165, 1.54) is 0 Å². The third-order valence-corrected chi connectivity index (χ3v) is 6.10. The van der Waals surface area contributed by atoms with Gasteiger partial charge in [0.1, 0.15) is 17.0 Å². The fraction of sp³-hybridized carbons (Fsp3) is 0.409. The molecule has 1 fully saturated rings. The van der Waals surface area contributed by atoms with Crippen molar-refractivity contribution in [1.29, 1.82) is 0 Å². The second-order valence-corrected chi connectivity index (χ2v) is 8.60. The molecule has 5 rings (SSSR count). The van der Waals surface area contributed by atoms with Gasteiger partial charge in [0.25, 0.3) is 17.7 Å². The van der Waals surface area contributed by atoms with E-state index in [1.807, 2.05) is 11.5 Å². The Morgan fingerprint density at radius 1 is 1.18 bits per heavy atom. The number of carbonyl (C=O) groups excluding carboxylic acids is 3. The number of nitrogens with one attached hydrogen (secondary N) is 4. The Labute approximate surface area is 189 Å². The number of amides is 3. The number of aryl methyl sites for hydroxylation is 1. The van der Waals surface area contributed by atoms with Gasteiger partial charge < -0.3 is 30.4 Å². The van der Waals surface area contributed by atoms with Crippen LogP contribution in [0.1, 0.15) is 57.4 Å². The summed E-state index contributed by atoms with van der Waals surface area (Å²) in [5, 5.41) is 12.6. The van der Waals surface area contributed by atoms with Crippen LogP contribution in [0, 0.1) is 0 Å². The highest BCUT2D eigenvalue weighted by Gasteiger charge is 2.26. The molecule has 5 heterocycles. The van der Waals surface area contributed by atoms with E-state index in [4.69, 9.17) is 0 Å². The average molecular weight is 451 g/mol. The highest BCUT2D eigenvalue weighted by Crippen LogP contribution is 2.25. The van der Waals surface area contributed by atoms with Crippen LogP contribution < -0.4 is 21.3 Å². The standard InChI is InChI=1S/C22H26N8O3/c1-12-9-24-21(32)16-8-13-5-6-15(26-18(13)30(12)16)20(31)28-17-11-29(2)19(27-17)22(33)25-14-4-3-7-23-10-14/h5-6,8,11-12,14,23H,3-4,7,9-10H2,1-2H3,(H,24,32)(H,25,33)(H,28,31)/t12-,14-/m1/s1. The van der Waals surface area contributed by atoms with Gasteiger partial charge in [-0.25, -0.2) is 9.97 Å². The minimum Gasteiger partial charge on any atom is -0.349 e. The molecule has 0 aliphatic carbocycles. The maximum atomic E-state index is 12.9. The molecule has 0 radical (unpaired) electrons. The van der Waals surface area contributed by atoms with Gasteiger partial charge in [-0.05, 0) is 44.5 Å². The van der Waals surface area contributed by atoms with Crippen LogP contribution in [0.25, 0.3) is 11.0 Å². The summed E-state index contributed by atoms with van der Waals surface area (Å²) in [6.45, 7) is 4.19. The van der Waals surface area contributed by atoms with Gasteiger partial charge in [0.05, 0.1) is 6.04 Å². The molecular formula is C22H26N8O3. The molecule has 0 bridgehead atoms. The Hall–Kier alpha value is -3.73. The van der Waals surface area contributed by atoms with E-state index in [9.17, 15) is 14.4 Å². The SMILES string of the molecule is C[C@@H]1CNC(=O)c2cc3ccc(C(=O)Nc4cn(C)c(C(=O)N[C@@H]5CCCNC5)n4)nc3n21. The van der Waals surface area contributed by atoms with Gasteiger partial charge >= 0.3 is 0 Å². The molecule has 0 aromatic carbocycles. The number of anilines is 1. The summed E-state index contributed by atoms with van der Waals surface area (Å²) in [7, 11) is 1.71. The molecule has 0 unspecified atom stereocenters. The zero-order valence-corrected chi connectivity index (χ0v) is 18.5. The molecule has 11 nitrogen and oxygen atoms in total. The second kappa shape index (κ2) is 8.32. The topological polar surface area (TPSA) is 135 Å². The van der Waals surface area contributed by atoms with Crippen molar-refractivity contribution in [2.45, 2.75) is 31.8 Å². The van der Waals surface area contributed by atoms with Crippen molar-refractivity contribution in [2.75, 3.05) is 25.0 Å². The molecule has 3 amide bonds. The van der Waals surface area contributed by atoms with E-state index in [0.717, 1.165) is 31.3 Å². The maximum absolute atomic E-state index is 12.9. The largest absolute Gasteiger partial charge is 0.349 e. The Kier molecular flexibility index (Phi) is 5.33. The van der Waals surface area contributed by atoms with Crippen molar-refractivity contribution in [3.05, 3.63) is 41.6 Å². The summed E-state index contributed by atoms with van der Waals surface area (Å²) in [6.07, 6.45) is 3.53. The maximum Gasteiger partial charge on any atom is 0.287 e. The fourth-order valence-corrected chi connectivity index (χ4v) is 4.41. The van der Waals surface area contributed by atoms with Crippen LogP contribution in [0.2, 0.25) is 0 Å². The molecule has 2 aliphatic rings. The van der Waals surface area contributed by atoms with Crippen LogP contribution in [-0.2, 0) is 7.05 Å². The van der Waals surface area contributed by atoms with Crippen LogP contribution in [0.4, 0.5) is 5.82 Å². The highest BCUT2D eigenvalue weighted by atomic mass is 16.2. The zero-order valence-electron chi connectivity index (χ0n) is 18.5. The van der Waals surface area contributed by atoms with Gasteiger partial charge in [-0.2, -0.15) is 0 Å². The van der Waals surface area contributed by atoms with Crippen molar-refractivity contribution in [3.8, 4) is 0 Å². The molecule has 1 saturated heterocycles. The number of imidazole rings is 1. The van der Waals surface area contributed by atoms with Gasteiger partial charge in [0.2, 0.25) is 5.82 Å². The number of hydrogen-bond acceptors (Lipinski definition) is 6. The first-order valence-corrected chi connectivity index (χ1v) is 11.1. The average Bonchev–Trinajstić information content (AvgIpc) is 3.37. The van der Waals surface area contributed by atoms with Crippen molar-refractivity contribution in [3.63, 3.8) is 0 Å². The minimum absolute atomic E-state index is 0.0252. The summed E-state index contributed by atoms with van der Waals surface area (Å²) >= 11 is 0. The number of nitrogens with zero attached hydrogens (tertiary/aromatic N) is 4. The quantitative estimate of drug-likeness (QED) is 0.465. The molecule has 3 aromatic rings. The molecule has 2 atom stereocenters. The molecule has 3 aromatic heterocycles. The lowest BCUT2D eigenvalue weighted by atomic mass is 10.1. The third-order valence-electron chi connectivity index (χ3n) is 6.10. The fourth-order valence-electron chi connectivity index (χ4n) is 4.41. The monoisotopic (exact) mass is 450 g/mol. The third kappa shape index (κ3) is 3.95. The lowest BCUT2D eigenvalue weighted by Crippen LogP contribution is -2.46. The number of pyridine rings is 1. The Morgan fingerprint density at radius 2 is 2.03 bits per heavy atom. The molecule has 2 aliphatic heterocycles. The van der Waals surface area contributed by atoms with Crippen LogP contribution >= 0.6 is 0 Å². The summed E-state index contributed by atoms with van der Waals surface area (Å²) in [4.78, 5) is 46.5. The lowest BCUT2D eigenvalue weighted by molar-refractivity contribution is 0.0910. The number of fused-ring (bicyclic) bond motifs is 3. The predicted octanol–water partition coefficient (Wildman–Crippen LogP) is 0.808. The molecule has 11 heteroatoms. The van der Waals surface area contributed by atoms with Gasteiger partial charge in [-0.1, -0.05) is 0 Å². The van der Waals surface area contributed by atoms with E-state index in [-0.39, 0.29) is 41.2 Å². The highest BCUT2D eigenvalue weighted by molar-refractivity contribution is 6.05. The van der Waals surface area contributed by atoms with Crippen LogP contribution in [0.5, 0.6) is 0 Å². The van der Waals surface area contributed by atoms with Crippen LogP contribution in [0.3, 0.4) is 0 Å². The number of rotatable bonds is 4. The van der Waals surface area contributed by atoms with Crippen LogP contribution in [-0.4, -0.2) is 62.5 Å². The van der Waals surface area contributed by atoms with Gasteiger partial charge in [0.15, 0.2) is 5.82 Å². The van der Waals surface area contributed by atoms with E-state index >= 15 is 0 Å². The minimum atomic E-state index is -0.443. The normalized spacial score (nSPS) is 20.2. The number of hydrogen-bond donors (Lipinski definition) is 4. The smallest absolute Gasteiger partial charge is 0.287 e. The second-order valence-electron chi connectivity index (χ2n) is 8.60. The van der Waals surface area contributed by atoms with E-state index in [1.54, 1.807) is 36.0 Å². The molecule has 0 saturated carbocycles. The van der Waals surface area contributed by atoms with Crippen molar-refractivity contribution >= 4 is 34.6 Å². The van der Waals surface area contributed by atoms with Gasteiger partial charge in [-0.3, -0.25) is 14.4 Å². The Balaban J connectivity index is 1.34. The van der Waals surface area contributed by atoms with Gasteiger partial charge in [0, 0.05) is 37.8 Å². The van der Waals surface area contributed by atoms with E-state index in [0.29, 0.717) is 17.9 Å². The summed E-state index contributed by atoms with van der Waals surface area (Å²) < 4.78 is 3.44. The summed E-state index contributed by atoms with van der Waals surface area (Å²) in [5.41, 5.74) is 1.32. The number of aromatic nitrogens is 4. The first-order valence-electron chi connectivity index (χ1n) is 11.1. The van der Waals surface area contributed by atoms with Crippen molar-refractivity contribution in [1.82, 2.24) is 35.1 Å².